The van der Waals surface area contributed by atoms with E-state index in [4.69, 9.17) is 0 Å². The van der Waals surface area contributed by atoms with Gasteiger partial charge in [-0.15, -0.1) is 0 Å². The van der Waals surface area contributed by atoms with Crippen molar-refractivity contribution in [3.8, 4) is 0 Å². The molecule has 1 aromatic carbocycles. The Bertz CT molecular complexity index is 620. The van der Waals surface area contributed by atoms with Crippen LogP contribution in [-0.2, 0) is 9.59 Å². The molecule has 1 aliphatic carbocycles. The standard InChI is InChI=1S/C20H29N3O3/c1-14(2)18(24)23-17-10-8-16(9-11-17)20(26)22-13-12-21-19(25)15-6-4-3-5-7-15/h8-11,14-15H,3-7,12-13H2,1-2H3,(H,21,25)(H,22,26)(H,23,24). The first-order valence-electron chi connectivity index (χ1n) is 9.44. The molecule has 0 unspecified atom stereocenters. The fourth-order valence-electron chi connectivity index (χ4n) is 2.96. The van der Waals surface area contributed by atoms with Crippen molar-refractivity contribution in [3.05, 3.63) is 29.8 Å². The topological polar surface area (TPSA) is 87.3 Å². The lowest BCUT2D eigenvalue weighted by Gasteiger charge is -2.20. The van der Waals surface area contributed by atoms with Gasteiger partial charge in [-0.2, -0.15) is 0 Å². The SMILES string of the molecule is CC(C)C(=O)Nc1ccc(C(=O)NCCNC(=O)C2CCCCC2)cc1. The molecule has 0 aromatic heterocycles. The molecule has 1 aromatic rings. The maximum absolute atomic E-state index is 12.1. The number of benzene rings is 1. The highest BCUT2D eigenvalue weighted by molar-refractivity contribution is 5.96. The first-order valence-corrected chi connectivity index (χ1v) is 9.44. The second kappa shape index (κ2) is 9.94. The van der Waals surface area contributed by atoms with E-state index in [0.717, 1.165) is 25.7 Å². The summed E-state index contributed by atoms with van der Waals surface area (Å²) in [6, 6.07) is 6.76. The quantitative estimate of drug-likeness (QED) is 0.654. The van der Waals surface area contributed by atoms with Gasteiger partial charge in [-0.1, -0.05) is 33.1 Å². The van der Waals surface area contributed by atoms with Gasteiger partial charge in [0.25, 0.3) is 5.91 Å². The van der Waals surface area contributed by atoms with Crippen LogP contribution in [0.5, 0.6) is 0 Å². The fourth-order valence-corrected chi connectivity index (χ4v) is 2.96. The maximum atomic E-state index is 12.1. The molecule has 26 heavy (non-hydrogen) atoms. The van der Waals surface area contributed by atoms with Crippen LogP contribution in [0.3, 0.4) is 0 Å². The lowest BCUT2D eigenvalue weighted by molar-refractivity contribution is -0.125. The molecule has 6 nitrogen and oxygen atoms in total. The van der Waals surface area contributed by atoms with Crippen LogP contribution in [0.2, 0.25) is 0 Å². The molecule has 2 rings (SSSR count). The Morgan fingerprint density at radius 2 is 1.58 bits per heavy atom. The molecule has 6 heteroatoms. The average molecular weight is 359 g/mol. The van der Waals surface area contributed by atoms with Crippen LogP contribution in [-0.4, -0.2) is 30.8 Å². The monoisotopic (exact) mass is 359 g/mol. The summed E-state index contributed by atoms with van der Waals surface area (Å²) in [5.41, 5.74) is 1.19. The van der Waals surface area contributed by atoms with E-state index in [1.807, 2.05) is 13.8 Å². The zero-order valence-electron chi connectivity index (χ0n) is 15.6. The third-order valence-electron chi connectivity index (χ3n) is 4.62. The maximum Gasteiger partial charge on any atom is 0.251 e. The Morgan fingerprint density at radius 3 is 2.19 bits per heavy atom. The first kappa shape index (κ1) is 19.9. The predicted octanol–water partition coefficient (Wildman–Crippen LogP) is 2.71. The molecule has 0 spiro atoms. The van der Waals surface area contributed by atoms with Crippen molar-refractivity contribution in [2.75, 3.05) is 18.4 Å². The Morgan fingerprint density at radius 1 is 0.962 bits per heavy atom. The van der Waals surface area contributed by atoms with Gasteiger partial charge in [0.1, 0.15) is 0 Å². The Balaban J connectivity index is 1.70. The summed E-state index contributed by atoms with van der Waals surface area (Å²) >= 11 is 0. The number of hydrogen-bond donors (Lipinski definition) is 3. The van der Waals surface area contributed by atoms with Crippen LogP contribution in [0.1, 0.15) is 56.3 Å². The molecule has 3 amide bonds. The van der Waals surface area contributed by atoms with Gasteiger partial charge >= 0.3 is 0 Å². The van der Waals surface area contributed by atoms with Gasteiger partial charge in [-0.05, 0) is 37.1 Å². The molecule has 3 N–H and O–H groups in total. The Labute approximate surface area is 155 Å². The number of carbonyl (C=O) groups excluding carboxylic acids is 3. The molecule has 0 aliphatic heterocycles. The van der Waals surface area contributed by atoms with Gasteiger partial charge < -0.3 is 16.0 Å². The molecule has 0 heterocycles. The highest BCUT2D eigenvalue weighted by Crippen LogP contribution is 2.23. The summed E-state index contributed by atoms with van der Waals surface area (Å²) in [4.78, 5) is 35.8. The fraction of sp³-hybridized carbons (Fsp3) is 0.550. The van der Waals surface area contributed by atoms with Crippen LogP contribution in [0.4, 0.5) is 5.69 Å². The summed E-state index contributed by atoms with van der Waals surface area (Å²) in [5.74, 6) is -0.117. The third kappa shape index (κ3) is 6.17. The minimum atomic E-state index is -0.196. The normalized spacial score (nSPS) is 14.7. The molecule has 0 saturated heterocycles. The number of nitrogens with one attached hydrogen (secondary N) is 3. The van der Waals surface area contributed by atoms with Crippen LogP contribution in [0.15, 0.2) is 24.3 Å². The second-order valence-corrected chi connectivity index (χ2v) is 7.10. The van der Waals surface area contributed by atoms with E-state index in [1.54, 1.807) is 24.3 Å². The summed E-state index contributed by atoms with van der Waals surface area (Å²) < 4.78 is 0. The van der Waals surface area contributed by atoms with E-state index in [-0.39, 0.29) is 29.6 Å². The molecule has 0 atom stereocenters. The Kier molecular flexibility index (Phi) is 7.63. The zero-order valence-corrected chi connectivity index (χ0v) is 15.6. The number of rotatable bonds is 7. The van der Waals surface area contributed by atoms with Crippen LogP contribution >= 0.6 is 0 Å². The smallest absolute Gasteiger partial charge is 0.251 e. The molecule has 0 radical (unpaired) electrons. The van der Waals surface area contributed by atoms with E-state index < -0.39 is 0 Å². The first-order chi connectivity index (χ1) is 12.5. The Hall–Kier alpha value is -2.37. The van der Waals surface area contributed by atoms with Crippen LogP contribution < -0.4 is 16.0 Å². The van der Waals surface area contributed by atoms with E-state index in [1.165, 1.54) is 6.42 Å². The van der Waals surface area contributed by atoms with Crippen molar-refractivity contribution in [2.24, 2.45) is 11.8 Å². The molecular weight excluding hydrogens is 330 g/mol. The summed E-state index contributed by atoms with van der Waals surface area (Å²) in [7, 11) is 0. The van der Waals surface area contributed by atoms with E-state index in [0.29, 0.717) is 24.3 Å². The highest BCUT2D eigenvalue weighted by Gasteiger charge is 2.20. The van der Waals surface area contributed by atoms with E-state index in [9.17, 15) is 14.4 Å². The van der Waals surface area contributed by atoms with Crippen molar-refractivity contribution in [3.63, 3.8) is 0 Å². The number of carbonyl (C=O) groups is 3. The van der Waals surface area contributed by atoms with Crippen LogP contribution in [0.25, 0.3) is 0 Å². The summed E-state index contributed by atoms with van der Waals surface area (Å²) in [6.45, 7) is 4.47. The number of hydrogen-bond acceptors (Lipinski definition) is 3. The van der Waals surface area contributed by atoms with Gasteiger partial charge in [-0.3, -0.25) is 14.4 Å². The third-order valence-corrected chi connectivity index (χ3v) is 4.62. The van der Waals surface area contributed by atoms with Gasteiger partial charge in [0.2, 0.25) is 11.8 Å². The predicted molar refractivity (Wildman–Crippen MR) is 102 cm³/mol. The average Bonchev–Trinajstić information content (AvgIpc) is 2.66. The molecule has 0 bridgehead atoms. The lowest BCUT2D eigenvalue weighted by atomic mass is 9.89. The summed E-state index contributed by atoms with van der Waals surface area (Å²) in [6.07, 6.45) is 5.42. The highest BCUT2D eigenvalue weighted by atomic mass is 16.2. The van der Waals surface area contributed by atoms with Crippen molar-refractivity contribution in [2.45, 2.75) is 46.0 Å². The zero-order chi connectivity index (χ0) is 18.9. The van der Waals surface area contributed by atoms with Gasteiger partial charge in [0, 0.05) is 36.2 Å². The molecule has 1 saturated carbocycles. The molecule has 1 fully saturated rings. The van der Waals surface area contributed by atoms with Crippen molar-refractivity contribution in [1.29, 1.82) is 0 Å². The lowest BCUT2D eigenvalue weighted by Crippen LogP contribution is -2.38. The largest absolute Gasteiger partial charge is 0.354 e. The number of amides is 3. The second-order valence-electron chi connectivity index (χ2n) is 7.10. The van der Waals surface area contributed by atoms with E-state index in [2.05, 4.69) is 16.0 Å². The van der Waals surface area contributed by atoms with Crippen LogP contribution in [0, 0.1) is 11.8 Å². The van der Waals surface area contributed by atoms with Crippen molar-refractivity contribution in [1.82, 2.24) is 10.6 Å². The molecular formula is C20H29N3O3. The van der Waals surface area contributed by atoms with E-state index >= 15 is 0 Å². The minimum Gasteiger partial charge on any atom is -0.354 e. The van der Waals surface area contributed by atoms with Gasteiger partial charge in [0.15, 0.2) is 0 Å². The van der Waals surface area contributed by atoms with Crippen molar-refractivity contribution >= 4 is 23.4 Å². The van der Waals surface area contributed by atoms with Gasteiger partial charge in [0.05, 0.1) is 0 Å². The summed E-state index contributed by atoms with van der Waals surface area (Å²) in [5, 5.41) is 8.48. The van der Waals surface area contributed by atoms with Crippen molar-refractivity contribution < 1.29 is 14.4 Å². The molecule has 142 valence electrons. The van der Waals surface area contributed by atoms with Gasteiger partial charge in [-0.25, -0.2) is 0 Å². The minimum absolute atomic E-state index is 0.0593. The molecule has 1 aliphatic rings. The number of anilines is 1.